The molecule has 0 aliphatic heterocycles. The minimum Gasteiger partial charge on any atom is -0.388 e. The summed E-state index contributed by atoms with van der Waals surface area (Å²) in [4.78, 5) is 0. The summed E-state index contributed by atoms with van der Waals surface area (Å²) < 4.78 is 0. The van der Waals surface area contributed by atoms with Crippen molar-refractivity contribution in [2.24, 2.45) is 10.8 Å². The Hall–Kier alpha value is -0.550. The van der Waals surface area contributed by atoms with E-state index < -0.39 is 11.0 Å². The predicted octanol–water partition coefficient (Wildman–Crippen LogP) is 3.40. The molecule has 2 aliphatic rings. The first kappa shape index (κ1) is 11.9. The second kappa shape index (κ2) is 3.74. The smallest absolute Gasteiger partial charge is 0.0860 e. The number of hydrogen-bond donors (Lipinski definition) is 1. The third-order valence-electron chi connectivity index (χ3n) is 4.99. The van der Waals surface area contributed by atoms with Gasteiger partial charge in [0.25, 0.3) is 0 Å². The zero-order chi connectivity index (χ0) is 11.9. The SMILES string of the molecule is CC1(C)CCC(O)(C2(C#N)CCCC2)CC1. The summed E-state index contributed by atoms with van der Waals surface area (Å²) in [7, 11) is 0. The average Bonchev–Trinajstić information content (AvgIpc) is 2.73. The molecule has 0 aromatic rings. The van der Waals surface area contributed by atoms with Gasteiger partial charge >= 0.3 is 0 Å². The van der Waals surface area contributed by atoms with Gasteiger partial charge in [-0.1, -0.05) is 26.7 Å². The zero-order valence-electron chi connectivity index (χ0n) is 10.6. The first-order valence-electron chi connectivity index (χ1n) is 6.57. The molecule has 0 aromatic carbocycles. The van der Waals surface area contributed by atoms with Crippen LogP contribution in [0.5, 0.6) is 0 Å². The van der Waals surface area contributed by atoms with Gasteiger partial charge in [0, 0.05) is 0 Å². The quantitative estimate of drug-likeness (QED) is 0.737. The fraction of sp³-hybridized carbons (Fsp3) is 0.929. The topological polar surface area (TPSA) is 44.0 Å². The third kappa shape index (κ3) is 1.76. The highest BCUT2D eigenvalue weighted by molar-refractivity contribution is 5.15. The van der Waals surface area contributed by atoms with Crippen molar-refractivity contribution in [3.63, 3.8) is 0 Å². The van der Waals surface area contributed by atoms with Gasteiger partial charge in [-0.05, 0) is 43.9 Å². The monoisotopic (exact) mass is 221 g/mol. The molecule has 0 atom stereocenters. The highest BCUT2D eigenvalue weighted by Gasteiger charge is 2.54. The first-order valence-corrected chi connectivity index (χ1v) is 6.57. The van der Waals surface area contributed by atoms with Crippen LogP contribution in [0.2, 0.25) is 0 Å². The molecule has 0 heterocycles. The molecule has 2 heteroatoms. The van der Waals surface area contributed by atoms with Gasteiger partial charge in [-0.15, -0.1) is 0 Å². The molecule has 2 nitrogen and oxygen atoms in total. The van der Waals surface area contributed by atoms with Crippen LogP contribution in [-0.2, 0) is 0 Å². The van der Waals surface area contributed by atoms with Crippen molar-refractivity contribution in [3.8, 4) is 6.07 Å². The molecule has 0 bridgehead atoms. The summed E-state index contributed by atoms with van der Waals surface area (Å²) in [5.41, 5.74) is -0.779. The van der Waals surface area contributed by atoms with Crippen molar-refractivity contribution in [1.82, 2.24) is 0 Å². The second-order valence-electron chi connectivity index (χ2n) is 6.60. The van der Waals surface area contributed by atoms with Crippen LogP contribution in [-0.4, -0.2) is 10.7 Å². The number of nitrogens with zero attached hydrogens (tertiary/aromatic N) is 1. The Kier molecular flexibility index (Phi) is 2.78. The Morgan fingerprint density at radius 3 is 1.88 bits per heavy atom. The maximum atomic E-state index is 10.8. The van der Waals surface area contributed by atoms with E-state index in [0.29, 0.717) is 5.41 Å². The minimum atomic E-state index is -0.701. The van der Waals surface area contributed by atoms with E-state index >= 15 is 0 Å². The predicted molar refractivity (Wildman–Crippen MR) is 63.7 cm³/mol. The molecule has 2 rings (SSSR count). The van der Waals surface area contributed by atoms with Crippen molar-refractivity contribution in [2.75, 3.05) is 0 Å². The lowest BCUT2D eigenvalue weighted by atomic mass is 9.60. The summed E-state index contributed by atoms with van der Waals surface area (Å²) in [6.45, 7) is 4.53. The normalized spacial score (nSPS) is 30.9. The maximum absolute atomic E-state index is 10.8. The lowest BCUT2D eigenvalue weighted by molar-refractivity contribution is -0.0990. The summed E-state index contributed by atoms with van der Waals surface area (Å²) >= 11 is 0. The molecule has 0 amide bonds. The van der Waals surface area contributed by atoms with E-state index in [2.05, 4.69) is 19.9 Å². The molecule has 0 saturated heterocycles. The molecule has 2 saturated carbocycles. The molecule has 0 aromatic heterocycles. The van der Waals surface area contributed by atoms with Crippen LogP contribution < -0.4 is 0 Å². The van der Waals surface area contributed by atoms with Crippen LogP contribution in [0.25, 0.3) is 0 Å². The molecule has 0 unspecified atom stereocenters. The molecule has 16 heavy (non-hydrogen) atoms. The minimum absolute atomic E-state index is 0.349. The van der Waals surface area contributed by atoms with Crippen LogP contribution in [0, 0.1) is 22.2 Å². The van der Waals surface area contributed by atoms with Crippen molar-refractivity contribution in [2.45, 2.75) is 70.8 Å². The van der Waals surface area contributed by atoms with Crippen molar-refractivity contribution in [3.05, 3.63) is 0 Å². The zero-order valence-corrected chi connectivity index (χ0v) is 10.6. The number of nitriles is 1. The largest absolute Gasteiger partial charge is 0.388 e. The standard InChI is InChI=1S/C14H23NO/c1-12(2)7-9-14(16,10-8-12)13(11-15)5-3-4-6-13/h16H,3-10H2,1-2H3. The van der Waals surface area contributed by atoms with Crippen molar-refractivity contribution in [1.29, 1.82) is 5.26 Å². The molecule has 1 N–H and O–H groups in total. The molecular formula is C14H23NO. The summed E-state index contributed by atoms with van der Waals surface area (Å²) in [5, 5.41) is 20.3. The number of rotatable bonds is 1. The van der Waals surface area contributed by atoms with Crippen LogP contribution >= 0.6 is 0 Å². The van der Waals surface area contributed by atoms with Gasteiger partial charge in [0.05, 0.1) is 17.1 Å². The van der Waals surface area contributed by atoms with E-state index in [1.54, 1.807) is 0 Å². The molecule has 0 spiro atoms. The Morgan fingerprint density at radius 2 is 1.44 bits per heavy atom. The van der Waals surface area contributed by atoms with E-state index in [4.69, 9.17) is 0 Å². The van der Waals surface area contributed by atoms with E-state index in [-0.39, 0.29) is 0 Å². The third-order valence-corrected chi connectivity index (χ3v) is 4.99. The van der Waals surface area contributed by atoms with E-state index in [9.17, 15) is 10.4 Å². The fourth-order valence-corrected chi connectivity index (χ4v) is 3.48. The lowest BCUT2D eigenvalue weighted by Gasteiger charge is -2.47. The van der Waals surface area contributed by atoms with Crippen LogP contribution in [0.3, 0.4) is 0 Å². The highest BCUT2D eigenvalue weighted by Crippen LogP contribution is 2.54. The van der Waals surface area contributed by atoms with Gasteiger partial charge in [-0.3, -0.25) is 0 Å². The summed E-state index contributed by atoms with van der Waals surface area (Å²) in [6.07, 6.45) is 7.75. The second-order valence-corrected chi connectivity index (χ2v) is 6.60. The lowest BCUT2D eigenvalue weighted by Crippen LogP contribution is -2.49. The molecule has 2 aliphatic carbocycles. The van der Waals surface area contributed by atoms with E-state index in [1.165, 1.54) is 0 Å². The Morgan fingerprint density at radius 1 is 0.938 bits per heavy atom. The Balaban J connectivity index is 2.17. The Labute approximate surface area is 98.7 Å². The summed E-state index contributed by atoms with van der Waals surface area (Å²) in [5.74, 6) is 0. The maximum Gasteiger partial charge on any atom is 0.0860 e. The van der Waals surface area contributed by atoms with E-state index in [1.807, 2.05) is 0 Å². The molecule has 90 valence electrons. The fourth-order valence-electron chi connectivity index (χ4n) is 3.48. The van der Waals surface area contributed by atoms with Gasteiger partial charge in [0.15, 0.2) is 0 Å². The van der Waals surface area contributed by atoms with Crippen LogP contribution in [0.15, 0.2) is 0 Å². The molecule has 0 radical (unpaired) electrons. The van der Waals surface area contributed by atoms with Gasteiger partial charge in [0.1, 0.15) is 0 Å². The average molecular weight is 221 g/mol. The number of hydrogen-bond acceptors (Lipinski definition) is 2. The van der Waals surface area contributed by atoms with Gasteiger partial charge in [-0.2, -0.15) is 5.26 Å². The van der Waals surface area contributed by atoms with Crippen molar-refractivity contribution < 1.29 is 5.11 Å². The molecule has 2 fully saturated rings. The highest BCUT2D eigenvalue weighted by atomic mass is 16.3. The number of aliphatic hydroxyl groups is 1. The van der Waals surface area contributed by atoms with Gasteiger partial charge in [-0.25, -0.2) is 0 Å². The van der Waals surface area contributed by atoms with Gasteiger partial charge < -0.3 is 5.11 Å². The van der Waals surface area contributed by atoms with Crippen LogP contribution in [0.1, 0.15) is 65.2 Å². The Bertz CT molecular complexity index is 297. The summed E-state index contributed by atoms with van der Waals surface area (Å²) in [6, 6.07) is 2.46. The van der Waals surface area contributed by atoms with Gasteiger partial charge in [0.2, 0.25) is 0 Å². The first-order chi connectivity index (χ1) is 7.43. The molecular weight excluding hydrogens is 198 g/mol. The van der Waals surface area contributed by atoms with Crippen LogP contribution in [0.4, 0.5) is 0 Å². The van der Waals surface area contributed by atoms with Crippen molar-refractivity contribution >= 4 is 0 Å². The van der Waals surface area contributed by atoms with E-state index in [0.717, 1.165) is 51.4 Å².